The van der Waals surface area contributed by atoms with E-state index in [1.165, 1.54) is 0 Å². The van der Waals surface area contributed by atoms with E-state index < -0.39 is 12.6 Å². The van der Waals surface area contributed by atoms with E-state index in [0.29, 0.717) is 18.4 Å². The number of nitrogens with zero attached hydrogens (tertiary/aromatic N) is 1. The van der Waals surface area contributed by atoms with E-state index >= 15 is 0 Å². The number of piperazine rings is 1. The Bertz CT molecular complexity index is 274. The Morgan fingerprint density at radius 2 is 1.89 bits per heavy atom. The zero-order chi connectivity index (χ0) is 14.7. The first-order chi connectivity index (χ1) is 8.61. The van der Waals surface area contributed by atoms with E-state index in [0.717, 1.165) is 19.6 Å². The summed E-state index contributed by atoms with van der Waals surface area (Å²) in [6.07, 6.45) is -3.81. The number of rotatable bonds is 5. The standard InChI is InChI=1S/C14H27F3N2/c1-11(2)12-9-18-13(3,4)10-19(12)8-6-5-7-14(15,16)17/h11-12,18H,5-10H2,1-4H3. The van der Waals surface area contributed by atoms with Crippen LogP contribution in [0.3, 0.4) is 0 Å². The third-order valence-electron chi connectivity index (χ3n) is 3.78. The quantitative estimate of drug-likeness (QED) is 0.776. The van der Waals surface area contributed by atoms with Gasteiger partial charge in [0.05, 0.1) is 0 Å². The van der Waals surface area contributed by atoms with Crippen molar-refractivity contribution >= 4 is 0 Å². The molecule has 2 nitrogen and oxygen atoms in total. The summed E-state index contributed by atoms with van der Waals surface area (Å²) in [4.78, 5) is 2.36. The lowest BCUT2D eigenvalue weighted by Crippen LogP contribution is -2.62. The molecule has 0 radical (unpaired) electrons. The van der Waals surface area contributed by atoms with Gasteiger partial charge in [-0.1, -0.05) is 13.8 Å². The molecule has 1 atom stereocenters. The highest BCUT2D eigenvalue weighted by atomic mass is 19.4. The summed E-state index contributed by atoms with van der Waals surface area (Å²) in [7, 11) is 0. The van der Waals surface area contributed by atoms with E-state index in [1.807, 2.05) is 0 Å². The maximum absolute atomic E-state index is 12.1. The van der Waals surface area contributed by atoms with Crippen molar-refractivity contribution in [2.45, 2.75) is 64.7 Å². The molecule has 0 amide bonds. The molecule has 1 saturated heterocycles. The van der Waals surface area contributed by atoms with Crippen LogP contribution in [-0.2, 0) is 0 Å². The van der Waals surface area contributed by atoms with Crippen LogP contribution in [0, 0.1) is 5.92 Å². The summed E-state index contributed by atoms with van der Waals surface area (Å²) in [5, 5.41) is 3.51. The molecule has 0 aromatic heterocycles. The van der Waals surface area contributed by atoms with E-state index in [9.17, 15) is 13.2 Å². The van der Waals surface area contributed by atoms with Gasteiger partial charge in [-0.05, 0) is 39.2 Å². The minimum Gasteiger partial charge on any atom is -0.309 e. The van der Waals surface area contributed by atoms with Crippen molar-refractivity contribution in [1.82, 2.24) is 10.2 Å². The fraction of sp³-hybridized carbons (Fsp3) is 1.00. The molecule has 0 aliphatic carbocycles. The van der Waals surface area contributed by atoms with Crippen LogP contribution in [0.15, 0.2) is 0 Å². The van der Waals surface area contributed by atoms with E-state index in [2.05, 4.69) is 37.9 Å². The van der Waals surface area contributed by atoms with Gasteiger partial charge in [0.1, 0.15) is 0 Å². The SMILES string of the molecule is CC(C)C1CNC(C)(C)CN1CCCCC(F)(F)F. The van der Waals surface area contributed by atoms with Crippen LogP contribution < -0.4 is 5.32 Å². The molecular weight excluding hydrogens is 253 g/mol. The van der Waals surface area contributed by atoms with Crippen LogP contribution in [0.5, 0.6) is 0 Å². The molecule has 1 heterocycles. The predicted molar refractivity (Wildman–Crippen MR) is 72.2 cm³/mol. The van der Waals surface area contributed by atoms with Crippen molar-refractivity contribution in [3.63, 3.8) is 0 Å². The summed E-state index contributed by atoms with van der Waals surface area (Å²) >= 11 is 0. The van der Waals surface area contributed by atoms with Crippen LogP contribution in [0.4, 0.5) is 13.2 Å². The first-order valence-corrected chi connectivity index (χ1v) is 7.16. The van der Waals surface area contributed by atoms with E-state index in [4.69, 9.17) is 0 Å². The van der Waals surface area contributed by atoms with Gasteiger partial charge < -0.3 is 5.32 Å². The minimum atomic E-state index is -4.01. The smallest absolute Gasteiger partial charge is 0.309 e. The predicted octanol–water partition coefficient (Wildman–Crippen LogP) is 3.43. The van der Waals surface area contributed by atoms with Gasteiger partial charge in [-0.3, -0.25) is 4.90 Å². The lowest BCUT2D eigenvalue weighted by molar-refractivity contribution is -0.135. The van der Waals surface area contributed by atoms with Crippen LogP contribution in [-0.4, -0.2) is 42.3 Å². The number of hydrogen-bond acceptors (Lipinski definition) is 2. The summed E-state index contributed by atoms with van der Waals surface area (Å²) < 4.78 is 36.4. The van der Waals surface area contributed by atoms with Gasteiger partial charge in [-0.2, -0.15) is 13.2 Å². The lowest BCUT2D eigenvalue weighted by atomic mass is 9.93. The Morgan fingerprint density at radius 1 is 1.26 bits per heavy atom. The fourth-order valence-electron chi connectivity index (χ4n) is 2.73. The largest absolute Gasteiger partial charge is 0.389 e. The maximum Gasteiger partial charge on any atom is 0.389 e. The van der Waals surface area contributed by atoms with Gasteiger partial charge in [-0.15, -0.1) is 0 Å². The summed E-state index contributed by atoms with van der Waals surface area (Å²) in [6.45, 7) is 11.2. The Balaban J connectivity index is 2.42. The molecule has 1 N–H and O–H groups in total. The molecular formula is C14H27F3N2. The van der Waals surface area contributed by atoms with Crippen molar-refractivity contribution < 1.29 is 13.2 Å². The zero-order valence-electron chi connectivity index (χ0n) is 12.5. The summed E-state index contributed by atoms with van der Waals surface area (Å²) in [5.74, 6) is 0.520. The molecule has 0 bridgehead atoms. The zero-order valence-corrected chi connectivity index (χ0v) is 12.5. The Kier molecular flexibility index (Phi) is 5.68. The highest BCUT2D eigenvalue weighted by Gasteiger charge is 2.33. The second-order valence-electron chi connectivity index (χ2n) is 6.62. The van der Waals surface area contributed by atoms with Crippen molar-refractivity contribution in [2.75, 3.05) is 19.6 Å². The molecule has 1 fully saturated rings. The molecule has 1 unspecified atom stereocenters. The molecule has 0 saturated carbocycles. The monoisotopic (exact) mass is 280 g/mol. The Morgan fingerprint density at radius 3 is 2.42 bits per heavy atom. The number of nitrogens with one attached hydrogen (secondary N) is 1. The Hall–Kier alpha value is -0.290. The second kappa shape index (κ2) is 6.44. The highest BCUT2D eigenvalue weighted by Crippen LogP contribution is 2.24. The van der Waals surface area contributed by atoms with Gasteiger partial charge in [0.25, 0.3) is 0 Å². The lowest BCUT2D eigenvalue weighted by Gasteiger charge is -2.46. The molecule has 1 aliphatic heterocycles. The second-order valence-corrected chi connectivity index (χ2v) is 6.62. The van der Waals surface area contributed by atoms with Crippen molar-refractivity contribution in [3.05, 3.63) is 0 Å². The minimum absolute atomic E-state index is 0.0510. The van der Waals surface area contributed by atoms with Crippen molar-refractivity contribution in [2.24, 2.45) is 5.92 Å². The van der Waals surface area contributed by atoms with Gasteiger partial charge >= 0.3 is 6.18 Å². The van der Waals surface area contributed by atoms with Crippen LogP contribution in [0.1, 0.15) is 47.0 Å². The molecule has 1 aliphatic rings. The third-order valence-corrected chi connectivity index (χ3v) is 3.78. The molecule has 5 heteroatoms. The van der Waals surface area contributed by atoms with Gasteiger partial charge in [-0.25, -0.2) is 0 Å². The topological polar surface area (TPSA) is 15.3 Å². The first kappa shape index (κ1) is 16.8. The molecule has 19 heavy (non-hydrogen) atoms. The number of alkyl halides is 3. The van der Waals surface area contributed by atoms with E-state index in [1.54, 1.807) is 0 Å². The van der Waals surface area contributed by atoms with Crippen LogP contribution >= 0.6 is 0 Å². The molecule has 1 rings (SSSR count). The average molecular weight is 280 g/mol. The number of halogens is 3. The fourth-order valence-corrected chi connectivity index (χ4v) is 2.73. The van der Waals surface area contributed by atoms with Crippen LogP contribution in [0.2, 0.25) is 0 Å². The normalized spacial score (nSPS) is 24.9. The van der Waals surface area contributed by atoms with Gasteiger partial charge in [0.15, 0.2) is 0 Å². The third kappa shape index (κ3) is 6.13. The Labute approximate surface area is 114 Å². The highest BCUT2D eigenvalue weighted by molar-refractivity contribution is 4.93. The summed E-state index contributed by atoms with van der Waals surface area (Å²) in [5.41, 5.74) is 0.0510. The molecule has 0 aromatic rings. The molecule has 0 aromatic carbocycles. The van der Waals surface area contributed by atoms with E-state index in [-0.39, 0.29) is 12.0 Å². The molecule has 114 valence electrons. The van der Waals surface area contributed by atoms with Gasteiger partial charge in [0.2, 0.25) is 0 Å². The summed E-state index contributed by atoms with van der Waals surface area (Å²) in [6, 6.07) is 0.430. The van der Waals surface area contributed by atoms with Crippen LogP contribution in [0.25, 0.3) is 0 Å². The van der Waals surface area contributed by atoms with Crippen molar-refractivity contribution in [1.29, 1.82) is 0 Å². The number of unbranched alkanes of at least 4 members (excludes halogenated alkanes) is 1. The average Bonchev–Trinajstić information content (AvgIpc) is 2.21. The number of hydrogen-bond donors (Lipinski definition) is 1. The van der Waals surface area contributed by atoms with Crippen molar-refractivity contribution in [3.8, 4) is 0 Å². The van der Waals surface area contributed by atoms with Gasteiger partial charge in [0, 0.05) is 31.1 Å². The molecule has 0 spiro atoms. The maximum atomic E-state index is 12.1. The first-order valence-electron chi connectivity index (χ1n) is 7.16.